The molecule has 3 rings (SSSR count). The fraction of sp³-hybridized carbons (Fsp3) is 0.533. The third kappa shape index (κ3) is 2.43. The SMILES string of the molecule is CCC1(Oc2cc(C(=O)[O-])ccc2[N+](=O)[O-])CC2CCC1S2. The lowest BCUT2D eigenvalue weighted by atomic mass is 9.82. The number of nitro benzene ring substituents is 1. The second-order valence-electron chi connectivity index (χ2n) is 5.78. The predicted molar refractivity (Wildman–Crippen MR) is 80.1 cm³/mol. The summed E-state index contributed by atoms with van der Waals surface area (Å²) in [6.45, 7) is 2.01. The number of rotatable bonds is 5. The molecule has 0 aromatic heterocycles. The third-order valence-corrected chi connectivity index (χ3v) is 6.35. The van der Waals surface area contributed by atoms with Crippen LogP contribution in [0.15, 0.2) is 18.2 Å². The Kier molecular flexibility index (Phi) is 3.76. The molecule has 2 saturated heterocycles. The summed E-state index contributed by atoms with van der Waals surface area (Å²) in [7, 11) is 0. The van der Waals surface area contributed by atoms with Crippen LogP contribution in [0.5, 0.6) is 5.75 Å². The summed E-state index contributed by atoms with van der Waals surface area (Å²) < 4.78 is 6.08. The molecule has 2 fully saturated rings. The summed E-state index contributed by atoms with van der Waals surface area (Å²) in [6, 6.07) is 3.56. The number of aromatic carboxylic acids is 1. The van der Waals surface area contributed by atoms with Gasteiger partial charge in [0.25, 0.3) is 0 Å². The molecule has 3 atom stereocenters. The number of nitro groups is 1. The van der Waals surface area contributed by atoms with E-state index < -0.39 is 16.5 Å². The zero-order chi connectivity index (χ0) is 15.9. The Balaban J connectivity index is 1.97. The molecule has 0 amide bonds. The van der Waals surface area contributed by atoms with Crippen LogP contribution in [0.25, 0.3) is 0 Å². The standard InChI is InChI=1S/C15H17NO5S/c1-2-15(8-10-4-6-13(15)22-10)21-12-7-9(14(17)18)3-5-11(12)16(19)20/h3,5,7,10,13H,2,4,6,8H2,1H3,(H,17,18)/p-1. The molecular weight excluding hydrogens is 306 g/mol. The molecule has 2 heterocycles. The fourth-order valence-corrected chi connectivity index (χ4v) is 5.35. The van der Waals surface area contributed by atoms with Gasteiger partial charge in [0, 0.05) is 28.6 Å². The number of hydrogen-bond donors (Lipinski definition) is 0. The molecule has 0 N–H and O–H groups in total. The van der Waals surface area contributed by atoms with Crippen LogP contribution in [-0.2, 0) is 0 Å². The first-order chi connectivity index (χ1) is 10.4. The van der Waals surface area contributed by atoms with Crippen LogP contribution in [0.4, 0.5) is 5.69 Å². The van der Waals surface area contributed by atoms with Gasteiger partial charge >= 0.3 is 5.69 Å². The predicted octanol–water partition coefficient (Wildman–Crippen LogP) is 2.15. The zero-order valence-corrected chi connectivity index (χ0v) is 12.9. The third-order valence-electron chi connectivity index (χ3n) is 4.57. The largest absolute Gasteiger partial charge is 0.545 e. The molecule has 1 aromatic rings. The lowest BCUT2D eigenvalue weighted by Crippen LogP contribution is -2.44. The maximum atomic E-state index is 11.2. The summed E-state index contributed by atoms with van der Waals surface area (Å²) in [5.41, 5.74) is -0.753. The summed E-state index contributed by atoms with van der Waals surface area (Å²) in [5.74, 6) is -1.34. The number of carbonyl (C=O) groups excluding carboxylic acids is 1. The van der Waals surface area contributed by atoms with Gasteiger partial charge in [-0.05, 0) is 31.4 Å². The number of fused-ring (bicyclic) bond motifs is 2. The molecule has 7 heteroatoms. The van der Waals surface area contributed by atoms with Crippen LogP contribution < -0.4 is 9.84 Å². The van der Waals surface area contributed by atoms with E-state index in [-0.39, 0.29) is 17.0 Å². The summed E-state index contributed by atoms with van der Waals surface area (Å²) in [6.07, 6.45) is 3.79. The Labute approximate surface area is 132 Å². The smallest absolute Gasteiger partial charge is 0.310 e. The number of benzene rings is 1. The molecule has 118 valence electrons. The summed E-state index contributed by atoms with van der Waals surface area (Å²) >= 11 is 1.88. The Morgan fingerprint density at radius 3 is 2.77 bits per heavy atom. The van der Waals surface area contributed by atoms with E-state index in [1.807, 2.05) is 18.7 Å². The van der Waals surface area contributed by atoms with Crippen molar-refractivity contribution in [1.29, 1.82) is 0 Å². The highest BCUT2D eigenvalue weighted by molar-refractivity contribution is 8.01. The van der Waals surface area contributed by atoms with Crippen LogP contribution >= 0.6 is 11.8 Å². The minimum Gasteiger partial charge on any atom is -0.545 e. The maximum Gasteiger partial charge on any atom is 0.310 e. The molecule has 2 bridgehead atoms. The van der Waals surface area contributed by atoms with Crippen LogP contribution in [-0.4, -0.2) is 27.0 Å². The molecule has 22 heavy (non-hydrogen) atoms. The second-order valence-corrected chi connectivity index (χ2v) is 7.28. The van der Waals surface area contributed by atoms with Gasteiger partial charge in [-0.15, -0.1) is 0 Å². The fourth-order valence-electron chi connectivity index (χ4n) is 3.40. The highest BCUT2D eigenvalue weighted by atomic mass is 32.2. The maximum absolute atomic E-state index is 11.2. The normalized spacial score (nSPS) is 29.5. The van der Waals surface area contributed by atoms with Gasteiger partial charge in [0.05, 0.1) is 10.9 Å². The van der Waals surface area contributed by atoms with Gasteiger partial charge < -0.3 is 14.6 Å². The van der Waals surface area contributed by atoms with Gasteiger partial charge in [-0.3, -0.25) is 10.1 Å². The average Bonchev–Trinajstić information content (AvgIpc) is 3.07. The quantitative estimate of drug-likeness (QED) is 0.609. The zero-order valence-electron chi connectivity index (χ0n) is 12.1. The lowest BCUT2D eigenvalue weighted by molar-refractivity contribution is -0.386. The number of ether oxygens (including phenoxy) is 1. The lowest BCUT2D eigenvalue weighted by Gasteiger charge is -2.36. The van der Waals surface area contributed by atoms with Crippen molar-refractivity contribution in [3.05, 3.63) is 33.9 Å². The van der Waals surface area contributed by atoms with Crippen molar-refractivity contribution in [2.45, 2.75) is 48.7 Å². The van der Waals surface area contributed by atoms with Gasteiger partial charge in [-0.25, -0.2) is 0 Å². The first-order valence-electron chi connectivity index (χ1n) is 7.29. The molecular formula is C15H16NO5S-. The van der Waals surface area contributed by atoms with E-state index in [9.17, 15) is 20.0 Å². The first-order valence-corrected chi connectivity index (χ1v) is 8.24. The van der Waals surface area contributed by atoms with Crippen molar-refractivity contribution in [1.82, 2.24) is 0 Å². The van der Waals surface area contributed by atoms with Gasteiger partial charge in [-0.2, -0.15) is 11.8 Å². The molecule has 2 aliphatic heterocycles. The van der Waals surface area contributed by atoms with E-state index in [1.54, 1.807) is 0 Å². The molecule has 1 aromatic carbocycles. The van der Waals surface area contributed by atoms with Crippen molar-refractivity contribution < 1.29 is 19.6 Å². The first kappa shape index (κ1) is 15.1. The molecule has 0 radical (unpaired) electrons. The van der Waals surface area contributed by atoms with Crippen molar-refractivity contribution in [3.63, 3.8) is 0 Å². The van der Waals surface area contributed by atoms with E-state index in [1.165, 1.54) is 18.2 Å². The van der Waals surface area contributed by atoms with E-state index in [0.717, 1.165) is 25.7 Å². The number of carboxylic acids is 1. The number of carbonyl (C=O) groups is 1. The van der Waals surface area contributed by atoms with Gasteiger partial charge in [0.2, 0.25) is 0 Å². The molecule has 0 saturated carbocycles. The Morgan fingerprint density at radius 2 is 2.27 bits per heavy atom. The summed E-state index contributed by atoms with van der Waals surface area (Å²) in [5, 5.41) is 23.0. The Hall–Kier alpha value is -1.76. The number of nitrogens with zero attached hydrogens (tertiary/aromatic N) is 1. The number of hydrogen-bond acceptors (Lipinski definition) is 6. The van der Waals surface area contributed by atoms with Gasteiger partial charge in [0.15, 0.2) is 5.75 Å². The second kappa shape index (κ2) is 5.46. The van der Waals surface area contributed by atoms with Crippen molar-refractivity contribution in [2.75, 3.05) is 0 Å². The molecule has 3 unspecified atom stereocenters. The Morgan fingerprint density at radius 1 is 1.50 bits per heavy atom. The molecule has 0 spiro atoms. The minimum atomic E-state index is -1.37. The van der Waals surface area contributed by atoms with Crippen LogP contribution in [0.1, 0.15) is 43.0 Å². The van der Waals surface area contributed by atoms with E-state index in [2.05, 4.69) is 0 Å². The van der Waals surface area contributed by atoms with E-state index >= 15 is 0 Å². The van der Waals surface area contributed by atoms with Crippen molar-refractivity contribution in [2.24, 2.45) is 0 Å². The topological polar surface area (TPSA) is 92.5 Å². The van der Waals surface area contributed by atoms with Gasteiger partial charge in [0.1, 0.15) is 5.60 Å². The van der Waals surface area contributed by atoms with E-state index in [4.69, 9.17) is 4.74 Å². The molecule has 2 aliphatic rings. The van der Waals surface area contributed by atoms with Crippen LogP contribution in [0.2, 0.25) is 0 Å². The Bertz CT molecular complexity index is 634. The van der Waals surface area contributed by atoms with Crippen LogP contribution in [0, 0.1) is 10.1 Å². The molecule has 6 nitrogen and oxygen atoms in total. The average molecular weight is 322 g/mol. The minimum absolute atomic E-state index is 0.0294. The molecule has 0 aliphatic carbocycles. The highest BCUT2D eigenvalue weighted by Crippen LogP contribution is 2.55. The van der Waals surface area contributed by atoms with Crippen LogP contribution in [0.3, 0.4) is 0 Å². The van der Waals surface area contributed by atoms with Crippen molar-refractivity contribution >= 4 is 23.4 Å². The van der Waals surface area contributed by atoms with Crippen molar-refractivity contribution in [3.8, 4) is 5.75 Å². The monoisotopic (exact) mass is 322 g/mol. The number of thioether (sulfide) groups is 1. The van der Waals surface area contributed by atoms with Gasteiger partial charge in [-0.1, -0.05) is 6.92 Å². The number of carboxylic acid groups (broad SMARTS) is 1. The van der Waals surface area contributed by atoms with E-state index in [0.29, 0.717) is 10.5 Å². The summed E-state index contributed by atoms with van der Waals surface area (Å²) in [4.78, 5) is 21.7. The highest BCUT2D eigenvalue weighted by Gasteiger charge is 2.53.